The first-order valence-electron chi connectivity index (χ1n) is 16.6. The van der Waals surface area contributed by atoms with Crippen LogP contribution in [0.3, 0.4) is 0 Å². The fourth-order valence-corrected chi connectivity index (χ4v) is 5.57. The Bertz CT molecular complexity index is 1220. The first-order valence-corrected chi connectivity index (χ1v) is 16.6. The zero-order chi connectivity index (χ0) is 33.3. The van der Waals surface area contributed by atoms with Crippen LogP contribution in [-0.2, 0) is 32.0 Å². The number of rotatable bonds is 17. The summed E-state index contributed by atoms with van der Waals surface area (Å²) in [6, 6.07) is 15.4. The lowest BCUT2D eigenvalue weighted by molar-refractivity contribution is -0.138. The van der Waals surface area contributed by atoms with E-state index in [2.05, 4.69) is 26.6 Å². The van der Waals surface area contributed by atoms with Crippen LogP contribution in [0.2, 0.25) is 0 Å². The molecule has 1 aliphatic heterocycles. The minimum absolute atomic E-state index is 0.0765. The maximum atomic E-state index is 13.8. The molecule has 0 unspecified atom stereocenters. The SMILES string of the molecule is CNCCC[C@@H](NC(=O)[C@@H](CC(C)C)NC(=O)[C@@H](Cc1ccccc1)NC(=O)[C@H](N)Cc1ccccc1)C(=O)N1CCCNCC1. The maximum absolute atomic E-state index is 13.8. The van der Waals surface area contributed by atoms with Crippen LogP contribution in [-0.4, -0.2) is 92.5 Å². The van der Waals surface area contributed by atoms with E-state index in [1.807, 2.05) is 86.5 Å². The number of nitrogens with one attached hydrogen (secondary N) is 5. The topological polar surface area (TPSA) is 158 Å². The summed E-state index contributed by atoms with van der Waals surface area (Å²) in [5.41, 5.74) is 8.03. The van der Waals surface area contributed by atoms with Gasteiger partial charge in [-0.2, -0.15) is 0 Å². The van der Waals surface area contributed by atoms with E-state index in [0.29, 0.717) is 51.9 Å². The van der Waals surface area contributed by atoms with Crippen molar-refractivity contribution in [3.05, 3.63) is 71.8 Å². The lowest BCUT2D eigenvalue weighted by atomic mass is 9.99. The van der Waals surface area contributed by atoms with Crippen molar-refractivity contribution in [1.29, 1.82) is 0 Å². The molecule has 7 N–H and O–H groups in total. The van der Waals surface area contributed by atoms with Crippen LogP contribution in [0, 0.1) is 5.92 Å². The fraction of sp³-hybridized carbons (Fsp3) is 0.543. The Kier molecular flexibility index (Phi) is 15.7. The van der Waals surface area contributed by atoms with E-state index in [1.54, 1.807) is 0 Å². The fourth-order valence-electron chi connectivity index (χ4n) is 5.57. The number of nitrogens with zero attached hydrogens (tertiary/aromatic N) is 1. The van der Waals surface area contributed by atoms with E-state index in [4.69, 9.17) is 5.73 Å². The molecule has 11 heteroatoms. The molecule has 3 rings (SSSR count). The van der Waals surface area contributed by atoms with Gasteiger partial charge in [0, 0.05) is 26.1 Å². The second-order valence-electron chi connectivity index (χ2n) is 12.5. The summed E-state index contributed by atoms with van der Waals surface area (Å²) in [6.45, 7) is 7.41. The summed E-state index contributed by atoms with van der Waals surface area (Å²) >= 11 is 0. The summed E-state index contributed by atoms with van der Waals surface area (Å²) in [7, 11) is 1.85. The Balaban J connectivity index is 1.76. The van der Waals surface area contributed by atoms with Crippen LogP contribution in [0.5, 0.6) is 0 Å². The van der Waals surface area contributed by atoms with Crippen LogP contribution >= 0.6 is 0 Å². The number of carbonyl (C=O) groups is 4. The molecule has 2 aromatic rings. The Morgan fingerprint density at radius 2 is 1.37 bits per heavy atom. The molecule has 0 aromatic heterocycles. The quantitative estimate of drug-likeness (QED) is 0.142. The van der Waals surface area contributed by atoms with E-state index in [1.165, 1.54) is 0 Å². The molecule has 2 aromatic carbocycles. The van der Waals surface area contributed by atoms with Gasteiger partial charge in [0.2, 0.25) is 23.6 Å². The van der Waals surface area contributed by atoms with Crippen molar-refractivity contribution in [1.82, 2.24) is 31.5 Å². The van der Waals surface area contributed by atoms with Gasteiger partial charge in [0.1, 0.15) is 18.1 Å². The van der Waals surface area contributed by atoms with Gasteiger partial charge in [-0.3, -0.25) is 19.2 Å². The lowest BCUT2D eigenvalue weighted by Crippen LogP contribution is -2.58. The van der Waals surface area contributed by atoms with Gasteiger partial charge in [-0.25, -0.2) is 0 Å². The van der Waals surface area contributed by atoms with Gasteiger partial charge < -0.3 is 37.2 Å². The third kappa shape index (κ3) is 12.5. The number of benzene rings is 2. The van der Waals surface area contributed by atoms with E-state index in [0.717, 1.165) is 24.1 Å². The van der Waals surface area contributed by atoms with Gasteiger partial charge in [-0.1, -0.05) is 74.5 Å². The molecule has 1 saturated heterocycles. The zero-order valence-electron chi connectivity index (χ0n) is 27.6. The van der Waals surface area contributed by atoms with Crippen LogP contribution in [0.15, 0.2) is 60.7 Å². The molecule has 1 fully saturated rings. The van der Waals surface area contributed by atoms with Crippen molar-refractivity contribution in [3.63, 3.8) is 0 Å². The van der Waals surface area contributed by atoms with Gasteiger partial charge >= 0.3 is 0 Å². The summed E-state index contributed by atoms with van der Waals surface area (Å²) in [5, 5.41) is 15.1. The first-order chi connectivity index (χ1) is 22.2. The molecule has 252 valence electrons. The van der Waals surface area contributed by atoms with Gasteiger partial charge in [0.15, 0.2) is 0 Å². The van der Waals surface area contributed by atoms with Crippen LogP contribution < -0.4 is 32.3 Å². The molecule has 46 heavy (non-hydrogen) atoms. The highest BCUT2D eigenvalue weighted by Gasteiger charge is 2.32. The molecule has 4 atom stereocenters. The molecule has 4 amide bonds. The maximum Gasteiger partial charge on any atom is 0.245 e. The number of carbonyl (C=O) groups excluding carboxylic acids is 4. The van der Waals surface area contributed by atoms with Crippen LogP contribution in [0.1, 0.15) is 50.7 Å². The second kappa shape index (κ2) is 19.7. The Labute approximate surface area is 273 Å². The molecular formula is C35H53N7O4. The Hall–Kier alpha value is -3.80. The van der Waals surface area contributed by atoms with Crippen molar-refractivity contribution < 1.29 is 19.2 Å². The average molecular weight is 636 g/mol. The Morgan fingerprint density at radius 3 is 2.00 bits per heavy atom. The van der Waals surface area contributed by atoms with Crippen molar-refractivity contribution in [2.45, 2.75) is 76.5 Å². The van der Waals surface area contributed by atoms with Crippen molar-refractivity contribution in [2.24, 2.45) is 11.7 Å². The highest BCUT2D eigenvalue weighted by molar-refractivity contribution is 5.95. The molecule has 0 bridgehead atoms. The van der Waals surface area contributed by atoms with E-state index in [9.17, 15) is 19.2 Å². The van der Waals surface area contributed by atoms with Crippen molar-refractivity contribution in [3.8, 4) is 0 Å². The van der Waals surface area contributed by atoms with E-state index >= 15 is 0 Å². The predicted octanol–water partition coefficient (Wildman–Crippen LogP) is 1.12. The van der Waals surface area contributed by atoms with Crippen molar-refractivity contribution in [2.75, 3.05) is 39.8 Å². The zero-order valence-corrected chi connectivity index (χ0v) is 27.6. The Morgan fingerprint density at radius 1 is 0.783 bits per heavy atom. The van der Waals surface area contributed by atoms with Gasteiger partial charge in [0.25, 0.3) is 0 Å². The molecule has 0 radical (unpaired) electrons. The van der Waals surface area contributed by atoms with Gasteiger partial charge in [-0.15, -0.1) is 0 Å². The van der Waals surface area contributed by atoms with Gasteiger partial charge in [-0.05, 0) is 69.3 Å². The van der Waals surface area contributed by atoms with E-state index in [-0.39, 0.29) is 18.2 Å². The molecule has 0 spiro atoms. The number of amides is 4. The van der Waals surface area contributed by atoms with Crippen molar-refractivity contribution >= 4 is 23.6 Å². The highest BCUT2D eigenvalue weighted by Crippen LogP contribution is 2.11. The minimum atomic E-state index is -0.961. The van der Waals surface area contributed by atoms with Crippen LogP contribution in [0.4, 0.5) is 0 Å². The summed E-state index contributed by atoms with van der Waals surface area (Å²) in [4.78, 5) is 56.3. The minimum Gasteiger partial charge on any atom is -0.343 e. The molecule has 1 heterocycles. The van der Waals surface area contributed by atoms with Crippen LogP contribution in [0.25, 0.3) is 0 Å². The number of hydrogen-bond donors (Lipinski definition) is 6. The number of nitrogens with two attached hydrogens (primary N) is 1. The first kappa shape index (κ1) is 36.7. The molecule has 11 nitrogen and oxygen atoms in total. The molecule has 0 saturated carbocycles. The summed E-state index contributed by atoms with van der Waals surface area (Å²) in [5.74, 6) is -1.38. The molecular weight excluding hydrogens is 582 g/mol. The monoisotopic (exact) mass is 635 g/mol. The third-order valence-electron chi connectivity index (χ3n) is 8.08. The number of hydrogen-bond acceptors (Lipinski definition) is 7. The second-order valence-corrected chi connectivity index (χ2v) is 12.5. The highest BCUT2D eigenvalue weighted by atomic mass is 16.2. The largest absolute Gasteiger partial charge is 0.343 e. The van der Waals surface area contributed by atoms with E-state index < -0.39 is 41.9 Å². The molecule has 0 aliphatic carbocycles. The molecule has 1 aliphatic rings. The third-order valence-corrected chi connectivity index (χ3v) is 8.08. The lowest BCUT2D eigenvalue weighted by Gasteiger charge is -2.29. The smallest absolute Gasteiger partial charge is 0.245 e. The standard InChI is InChI=1S/C35H53N7O4/c1-25(2)22-30(33(44)39-29(16-10-17-37-3)35(46)42-20-11-18-38-19-21-42)41-34(45)31(24-27-14-8-5-9-15-27)40-32(43)28(36)23-26-12-6-4-7-13-26/h4-9,12-15,25,28-31,37-38H,10-11,16-24,36H2,1-3H3,(H,39,44)(H,40,43)(H,41,45)/t28-,29-,30-,31-/m1/s1. The summed E-state index contributed by atoms with van der Waals surface area (Å²) in [6.07, 6.45) is 2.93. The average Bonchev–Trinajstić information content (AvgIpc) is 3.34. The normalized spacial score (nSPS) is 16.1. The summed E-state index contributed by atoms with van der Waals surface area (Å²) < 4.78 is 0. The predicted molar refractivity (Wildman–Crippen MR) is 181 cm³/mol. The van der Waals surface area contributed by atoms with Gasteiger partial charge in [0.05, 0.1) is 6.04 Å².